The van der Waals surface area contributed by atoms with E-state index in [1.165, 1.54) is 25.7 Å². The maximum Gasteiger partial charge on any atom is 0.322 e. The van der Waals surface area contributed by atoms with E-state index in [4.69, 9.17) is 0 Å². The quantitative estimate of drug-likeness (QED) is 0.739. The van der Waals surface area contributed by atoms with Crippen molar-refractivity contribution in [3.63, 3.8) is 0 Å². The Bertz CT molecular complexity index is 319. The van der Waals surface area contributed by atoms with Gasteiger partial charge in [-0.3, -0.25) is 4.79 Å². The van der Waals surface area contributed by atoms with Crippen molar-refractivity contribution in [1.82, 2.24) is 10.2 Å². The molecule has 2 saturated carbocycles. The molecule has 2 aliphatic carbocycles. The van der Waals surface area contributed by atoms with Crippen molar-refractivity contribution in [2.24, 2.45) is 17.8 Å². The Kier molecular flexibility index (Phi) is 4.85. The first-order chi connectivity index (χ1) is 8.95. The van der Waals surface area contributed by atoms with E-state index in [-0.39, 0.29) is 6.04 Å². The molecule has 2 aliphatic rings. The second kappa shape index (κ2) is 6.23. The zero-order valence-corrected chi connectivity index (χ0v) is 12.4. The summed E-state index contributed by atoms with van der Waals surface area (Å²) in [5.41, 5.74) is 0. The summed E-state index contributed by atoms with van der Waals surface area (Å²) < 4.78 is 0. The second-order valence-corrected chi connectivity index (χ2v) is 6.87. The number of carbonyl (C=O) groups is 1. The summed E-state index contributed by atoms with van der Waals surface area (Å²) in [7, 11) is 2.06. The number of rotatable bonds is 7. The molecule has 0 aromatic heterocycles. The Balaban J connectivity index is 1.79. The highest BCUT2D eigenvalue weighted by Gasteiger charge is 2.39. The van der Waals surface area contributed by atoms with Gasteiger partial charge in [0.2, 0.25) is 0 Å². The molecule has 0 spiro atoms. The molecule has 0 aliphatic heterocycles. The molecule has 2 rings (SSSR count). The Morgan fingerprint density at radius 1 is 1.37 bits per heavy atom. The summed E-state index contributed by atoms with van der Waals surface area (Å²) in [4.78, 5) is 13.5. The number of likely N-dealkylation sites (N-methyl/N-ethyl adjacent to an activating group) is 1. The largest absolute Gasteiger partial charge is 0.480 e. The maximum absolute atomic E-state index is 11.2. The summed E-state index contributed by atoms with van der Waals surface area (Å²) in [6.45, 7) is 5.64. The molecule has 2 N–H and O–H groups in total. The number of carboxylic acid groups (broad SMARTS) is 1. The van der Waals surface area contributed by atoms with Gasteiger partial charge in [-0.25, -0.2) is 0 Å². The Morgan fingerprint density at radius 3 is 2.58 bits per heavy atom. The highest BCUT2D eigenvalue weighted by atomic mass is 16.4. The number of hydrogen-bond donors (Lipinski definition) is 2. The number of aliphatic carboxylic acids is 1. The SMILES string of the molecule is CC(C)NC(CN(C)CC1CC2CCC1C2)C(=O)O. The van der Waals surface area contributed by atoms with Crippen LogP contribution in [0, 0.1) is 17.8 Å². The van der Waals surface area contributed by atoms with E-state index in [0.717, 1.165) is 24.3 Å². The first-order valence-corrected chi connectivity index (χ1v) is 7.63. The summed E-state index contributed by atoms with van der Waals surface area (Å²) in [5, 5.41) is 12.4. The van der Waals surface area contributed by atoms with Crippen LogP contribution in [0.15, 0.2) is 0 Å². The normalized spacial score (nSPS) is 31.3. The van der Waals surface area contributed by atoms with Gasteiger partial charge in [-0.05, 0) is 44.1 Å². The lowest BCUT2D eigenvalue weighted by atomic mass is 9.88. The second-order valence-electron chi connectivity index (χ2n) is 6.87. The zero-order valence-electron chi connectivity index (χ0n) is 12.4. The van der Waals surface area contributed by atoms with E-state index in [1.54, 1.807) is 0 Å². The van der Waals surface area contributed by atoms with Crippen LogP contribution in [-0.4, -0.2) is 48.2 Å². The van der Waals surface area contributed by atoms with Crippen molar-refractivity contribution < 1.29 is 9.90 Å². The molecule has 0 aromatic carbocycles. The van der Waals surface area contributed by atoms with Crippen LogP contribution in [0.2, 0.25) is 0 Å². The average molecular weight is 268 g/mol. The van der Waals surface area contributed by atoms with Crippen LogP contribution in [0.25, 0.3) is 0 Å². The molecule has 0 heterocycles. The molecule has 0 radical (unpaired) electrons. The van der Waals surface area contributed by atoms with Crippen molar-refractivity contribution >= 4 is 5.97 Å². The first kappa shape index (κ1) is 14.8. The molecule has 19 heavy (non-hydrogen) atoms. The lowest BCUT2D eigenvalue weighted by molar-refractivity contribution is -0.140. The fourth-order valence-corrected chi connectivity index (χ4v) is 3.99. The fourth-order valence-electron chi connectivity index (χ4n) is 3.99. The topological polar surface area (TPSA) is 52.6 Å². The molecule has 4 unspecified atom stereocenters. The van der Waals surface area contributed by atoms with Gasteiger partial charge in [0.1, 0.15) is 6.04 Å². The van der Waals surface area contributed by atoms with Crippen molar-refractivity contribution in [3.8, 4) is 0 Å². The summed E-state index contributed by atoms with van der Waals surface area (Å²) in [6.07, 6.45) is 5.61. The van der Waals surface area contributed by atoms with Crippen LogP contribution in [0.3, 0.4) is 0 Å². The van der Waals surface area contributed by atoms with Gasteiger partial charge in [-0.15, -0.1) is 0 Å². The lowest BCUT2D eigenvalue weighted by Gasteiger charge is -2.29. The minimum atomic E-state index is -0.742. The number of carboxylic acids is 1. The standard InChI is InChI=1S/C15H28N2O2/c1-10(2)16-14(15(18)19)9-17(3)8-13-7-11-4-5-12(13)6-11/h10-14,16H,4-9H2,1-3H3,(H,18,19). The van der Waals surface area contributed by atoms with E-state index >= 15 is 0 Å². The molecular formula is C15H28N2O2. The van der Waals surface area contributed by atoms with Crippen molar-refractivity contribution in [2.45, 2.75) is 51.6 Å². The van der Waals surface area contributed by atoms with Crippen LogP contribution in [0.5, 0.6) is 0 Å². The lowest BCUT2D eigenvalue weighted by Crippen LogP contribution is -2.48. The van der Waals surface area contributed by atoms with E-state index in [2.05, 4.69) is 17.3 Å². The first-order valence-electron chi connectivity index (χ1n) is 7.63. The summed E-state index contributed by atoms with van der Waals surface area (Å²) >= 11 is 0. The summed E-state index contributed by atoms with van der Waals surface area (Å²) in [6, 6.07) is -0.249. The highest BCUT2D eigenvalue weighted by molar-refractivity contribution is 5.73. The van der Waals surface area contributed by atoms with Crippen LogP contribution in [0.4, 0.5) is 0 Å². The monoisotopic (exact) mass is 268 g/mol. The van der Waals surface area contributed by atoms with Crippen molar-refractivity contribution in [1.29, 1.82) is 0 Å². The Labute approximate surface area is 116 Å². The number of nitrogens with zero attached hydrogens (tertiary/aromatic N) is 1. The minimum absolute atomic E-state index is 0.206. The maximum atomic E-state index is 11.2. The Morgan fingerprint density at radius 2 is 2.11 bits per heavy atom. The van der Waals surface area contributed by atoms with Crippen molar-refractivity contribution in [2.75, 3.05) is 20.1 Å². The van der Waals surface area contributed by atoms with E-state index < -0.39 is 12.0 Å². The van der Waals surface area contributed by atoms with Gasteiger partial charge in [0.05, 0.1) is 0 Å². The highest BCUT2D eigenvalue weighted by Crippen LogP contribution is 2.48. The van der Waals surface area contributed by atoms with Crippen LogP contribution >= 0.6 is 0 Å². The molecular weight excluding hydrogens is 240 g/mol. The van der Waals surface area contributed by atoms with Crippen LogP contribution in [0.1, 0.15) is 39.5 Å². The van der Waals surface area contributed by atoms with Gasteiger partial charge < -0.3 is 15.3 Å². The van der Waals surface area contributed by atoms with Gasteiger partial charge in [0, 0.05) is 19.1 Å². The van der Waals surface area contributed by atoms with Gasteiger partial charge in [-0.2, -0.15) is 0 Å². The average Bonchev–Trinajstić information content (AvgIpc) is 2.89. The van der Waals surface area contributed by atoms with Gasteiger partial charge in [0.15, 0.2) is 0 Å². The molecule has 2 bridgehead atoms. The molecule has 0 aromatic rings. The molecule has 4 atom stereocenters. The third kappa shape index (κ3) is 3.93. The van der Waals surface area contributed by atoms with Crippen LogP contribution < -0.4 is 5.32 Å². The van der Waals surface area contributed by atoms with E-state index in [9.17, 15) is 9.90 Å². The molecule has 4 heteroatoms. The zero-order chi connectivity index (χ0) is 14.0. The molecule has 4 nitrogen and oxygen atoms in total. The number of nitrogens with one attached hydrogen (secondary N) is 1. The smallest absolute Gasteiger partial charge is 0.322 e. The van der Waals surface area contributed by atoms with Gasteiger partial charge in [-0.1, -0.05) is 20.3 Å². The molecule has 2 fully saturated rings. The minimum Gasteiger partial charge on any atom is -0.480 e. The molecule has 0 saturated heterocycles. The van der Waals surface area contributed by atoms with Crippen molar-refractivity contribution in [3.05, 3.63) is 0 Å². The predicted molar refractivity (Wildman–Crippen MR) is 76.1 cm³/mol. The Hall–Kier alpha value is -0.610. The van der Waals surface area contributed by atoms with E-state index in [1.807, 2.05) is 13.8 Å². The third-order valence-electron chi connectivity index (χ3n) is 4.76. The van der Waals surface area contributed by atoms with Crippen LogP contribution in [-0.2, 0) is 4.79 Å². The van der Waals surface area contributed by atoms with Gasteiger partial charge >= 0.3 is 5.97 Å². The number of fused-ring (bicyclic) bond motifs is 2. The third-order valence-corrected chi connectivity index (χ3v) is 4.76. The molecule has 110 valence electrons. The molecule has 0 amide bonds. The van der Waals surface area contributed by atoms with Gasteiger partial charge in [0.25, 0.3) is 0 Å². The van der Waals surface area contributed by atoms with E-state index in [0.29, 0.717) is 6.54 Å². The number of hydrogen-bond acceptors (Lipinski definition) is 3. The predicted octanol–water partition coefficient (Wildman–Crippen LogP) is 1.81. The fraction of sp³-hybridized carbons (Fsp3) is 0.933. The summed E-state index contributed by atoms with van der Waals surface area (Å²) in [5.74, 6) is 1.94.